The molecule has 1 unspecified atom stereocenters. The highest BCUT2D eigenvalue weighted by Crippen LogP contribution is 2.23. The highest BCUT2D eigenvalue weighted by molar-refractivity contribution is 5.79. The minimum Gasteiger partial charge on any atom is -0.490 e. The van der Waals surface area contributed by atoms with E-state index >= 15 is 0 Å². The molecule has 0 aliphatic rings. The number of nitrogens with one attached hydrogen (secondary N) is 2. The van der Waals surface area contributed by atoms with Gasteiger partial charge < -0.3 is 19.9 Å². The van der Waals surface area contributed by atoms with Crippen molar-refractivity contribution in [1.82, 2.24) is 20.8 Å². The van der Waals surface area contributed by atoms with Crippen molar-refractivity contribution in [2.75, 3.05) is 6.54 Å². The second-order valence-electron chi connectivity index (χ2n) is 6.23. The predicted molar refractivity (Wildman–Crippen MR) is 102 cm³/mol. The first-order valence-corrected chi connectivity index (χ1v) is 9.09. The van der Waals surface area contributed by atoms with Crippen LogP contribution in [0.4, 0.5) is 0 Å². The molecule has 0 spiro atoms. The normalized spacial score (nSPS) is 12.7. The fourth-order valence-corrected chi connectivity index (χ4v) is 2.28. The molecule has 0 fully saturated rings. The van der Waals surface area contributed by atoms with Gasteiger partial charge >= 0.3 is 0 Å². The van der Waals surface area contributed by atoms with Crippen molar-refractivity contribution in [1.29, 1.82) is 0 Å². The minimum atomic E-state index is 0.173. The molecule has 0 saturated carbocycles. The first-order valence-electron chi connectivity index (χ1n) is 9.09. The Morgan fingerprint density at radius 3 is 2.73 bits per heavy atom. The maximum Gasteiger partial charge on any atom is 0.223 e. The van der Waals surface area contributed by atoms with Gasteiger partial charge in [0.1, 0.15) is 5.75 Å². The molecule has 142 valence electrons. The Kier molecular flexibility index (Phi) is 7.44. The highest BCUT2D eigenvalue weighted by atomic mass is 16.5. The zero-order valence-corrected chi connectivity index (χ0v) is 16.3. The average molecular weight is 359 g/mol. The van der Waals surface area contributed by atoms with Gasteiger partial charge in [-0.05, 0) is 38.8 Å². The van der Waals surface area contributed by atoms with Gasteiger partial charge in [-0.2, -0.15) is 4.98 Å². The van der Waals surface area contributed by atoms with Crippen LogP contribution in [-0.2, 0) is 13.1 Å². The molecule has 2 N–H and O–H groups in total. The Hall–Kier alpha value is -2.57. The van der Waals surface area contributed by atoms with Gasteiger partial charge in [-0.1, -0.05) is 24.2 Å². The van der Waals surface area contributed by atoms with E-state index in [9.17, 15) is 0 Å². The average Bonchev–Trinajstić information content (AvgIpc) is 3.04. The standard InChI is InChI=1S/C19H29N5O2/c1-6-14(4)25-17-10-13(3)8-9-16(17)11-21-19(20-7-2)22-12-18-23-15(5)26-24-18/h8-10,14H,6-7,11-12H2,1-5H3,(H2,20,21,22). The van der Waals surface area contributed by atoms with Gasteiger partial charge in [0, 0.05) is 19.0 Å². The maximum absolute atomic E-state index is 6.06. The van der Waals surface area contributed by atoms with E-state index in [4.69, 9.17) is 9.26 Å². The number of hydrogen-bond donors (Lipinski definition) is 2. The van der Waals surface area contributed by atoms with Crippen molar-refractivity contribution < 1.29 is 9.26 Å². The maximum atomic E-state index is 6.06. The third-order valence-electron chi connectivity index (χ3n) is 3.86. The van der Waals surface area contributed by atoms with Crippen LogP contribution in [0.2, 0.25) is 0 Å². The van der Waals surface area contributed by atoms with Gasteiger partial charge in [0.2, 0.25) is 5.89 Å². The van der Waals surface area contributed by atoms with Crippen molar-refractivity contribution in [3.8, 4) is 5.75 Å². The van der Waals surface area contributed by atoms with Crippen molar-refractivity contribution in [3.05, 3.63) is 41.0 Å². The van der Waals surface area contributed by atoms with E-state index in [0.29, 0.717) is 30.8 Å². The zero-order valence-electron chi connectivity index (χ0n) is 16.3. The third-order valence-corrected chi connectivity index (χ3v) is 3.86. The molecule has 1 aromatic heterocycles. The number of rotatable bonds is 8. The molecule has 0 amide bonds. The Morgan fingerprint density at radius 2 is 2.08 bits per heavy atom. The summed E-state index contributed by atoms with van der Waals surface area (Å²) in [7, 11) is 0. The summed E-state index contributed by atoms with van der Waals surface area (Å²) >= 11 is 0. The van der Waals surface area contributed by atoms with Crippen molar-refractivity contribution in [2.45, 2.75) is 60.2 Å². The fourth-order valence-electron chi connectivity index (χ4n) is 2.28. The van der Waals surface area contributed by atoms with Crippen molar-refractivity contribution >= 4 is 5.96 Å². The van der Waals surface area contributed by atoms with E-state index in [1.165, 1.54) is 5.56 Å². The third kappa shape index (κ3) is 6.06. The summed E-state index contributed by atoms with van der Waals surface area (Å²) < 4.78 is 11.0. The summed E-state index contributed by atoms with van der Waals surface area (Å²) in [5.41, 5.74) is 2.23. The summed E-state index contributed by atoms with van der Waals surface area (Å²) in [5, 5.41) is 10.3. The molecule has 7 nitrogen and oxygen atoms in total. The van der Waals surface area contributed by atoms with Gasteiger partial charge in [0.15, 0.2) is 11.8 Å². The number of benzene rings is 1. The summed E-state index contributed by atoms with van der Waals surface area (Å²) in [6, 6.07) is 6.22. The molecule has 0 radical (unpaired) electrons. The van der Waals surface area contributed by atoms with Gasteiger partial charge in [0.25, 0.3) is 0 Å². The Balaban J connectivity index is 2.07. The van der Waals surface area contributed by atoms with Crippen LogP contribution in [0.1, 0.15) is 50.0 Å². The Bertz CT molecular complexity index is 726. The summed E-state index contributed by atoms with van der Waals surface area (Å²) in [4.78, 5) is 8.84. The zero-order chi connectivity index (χ0) is 18.9. The minimum absolute atomic E-state index is 0.173. The first-order chi connectivity index (χ1) is 12.5. The lowest BCUT2D eigenvalue weighted by Gasteiger charge is -2.16. The van der Waals surface area contributed by atoms with E-state index < -0.39 is 0 Å². The second kappa shape index (κ2) is 9.79. The largest absolute Gasteiger partial charge is 0.490 e. The summed E-state index contributed by atoms with van der Waals surface area (Å²) in [6.45, 7) is 11.8. The number of aryl methyl sites for hydroxylation is 2. The number of guanidine groups is 1. The molecule has 1 aromatic carbocycles. The predicted octanol–water partition coefficient (Wildman–Crippen LogP) is 3.12. The van der Waals surface area contributed by atoms with Crippen LogP contribution in [0.15, 0.2) is 27.7 Å². The summed E-state index contributed by atoms with van der Waals surface area (Å²) in [6.07, 6.45) is 1.14. The molecule has 2 rings (SSSR count). The molecule has 0 bridgehead atoms. The molecule has 7 heteroatoms. The van der Waals surface area contributed by atoms with Crippen LogP contribution in [0.25, 0.3) is 0 Å². The van der Waals surface area contributed by atoms with Gasteiger partial charge in [-0.25, -0.2) is 4.99 Å². The van der Waals surface area contributed by atoms with E-state index in [2.05, 4.69) is 64.7 Å². The van der Waals surface area contributed by atoms with Gasteiger partial charge in [-0.15, -0.1) is 0 Å². The van der Waals surface area contributed by atoms with E-state index in [1.54, 1.807) is 6.92 Å². The molecular weight excluding hydrogens is 330 g/mol. The van der Waals surface area contributed by atoms with Gasteiger partial charge in [-0.3, -0.25) is 0 Å². The van der Waals surface area contributed by atoms with Crippen molar-refractivity contribution in [3.63, 3.8) is 0 Å². The number of hydrogen-bond acceptors (Lipinski definition) is 5. The van der Waals surface area contributed by atoms with E-state index in [-0.39, 0.29) is 6.10 Å². The van der Waals surface area contributed by atoms with E-state index in [0.717, 1.165) is 24.3 Å². The molecular formula is C19H29N5O2. The monoisotopic (exact) mass is 359 g/mol. The van der Waals surface area contributed by atoms with Crippen LogP contribution in [0, 0.1) is 13.8 Å². The molecule has 1 heterocycles. The van der Waals surface area contributed by atoms with Crippen LogP contribution in [0.3, 0.4) is 0 Å². The topological polar surface area (TPSA) is 84.6 Å². The SMILES string of the molecule is CCNC(=NCc1ccc(C)cc1OC(C)CC)NCc1noc(C)n1. The fraction of sp³-hybridized carbons (Fsp3) is 0.526. The van der Waals surface area contributed by atoms with Crippen LogP contribution in [-0.4, -0.2) is 28.7 Å². The lowest BCUT2D eigenvalue weighted by Crippen LogP contribution is -2.37. The molecule has 1 atom stereocenters. The second-order valence-corrected chi connectivity index (χ2v) is 6.23. The number of nitrogens with zero attached hydrogens (tertiary/aromatic N) is 3. The Labute approximate surface area is 155 Å². The molecule has 0 aliphatic carbocycles. The van der Waals surface area contributed by atoms with Crippen molar-refractivity contribution in [2.24, 2.45) is 4.99 Å². The number of ether oxygens (including phenoxy) is 1. The number of aliphatic imine (C=N–C) groups is 1. The van der Waals surface area contributed by atoms with E-state index in [1.807, 2.05) is 6.92 Å². The highest BCUT2D eigenvalue weighted by Gasteiger charge is 2.09. The molecule has 26 heavy (non-hydrogen) atoms. The summed E-state index contributed by atoms with van der Waals surface area (Å²) in [5.74, 6) is 2.75. The quantitative estimate of drug-likeness (QED) is 0.556. The lowest BCUT2D eigenvalue weighted by atomic mass is 10.1. The molecule has 0 saturated heterocycles. The lowest BCUT2D eigenvalue weighted by molar-refractivity contribution is 0.215. The molecule has 2 aromatic rings. The molecule has 0 aliphatic heterocycles. The van der Waals surface area contributed by atoms with Crippen LogP contribution in [0.5, 0.6) is 5.75 Å². The van der Waals surface area contributed by atoms with Crippen LogP contribution < -0.4 is 15.4 Å². The smallest absolute Gasteiger partial charge is 0.223 e. The van der Waals surface area contributed by atoms with Gasteiger partial charge in [0.05, 0.1) is 19.2 Å². The number of aromatic nitrogens is 2. The Morgan fingerprint density at radius 1 is 1.27 bits per heavy atom. The first kappa shape index (κ1) is 19.8. The van der Waals surface area contributed by atoms with Crippen LogP contribution >= 0.6 is 0 Å².